The standard InChI is InChI=1S/C12H18N4O3/c1-19-12(18)11-9(13)7-16(14-11)8-10(17)15-5-3-2-4-6-15/h7H,2-6,8,13H2,1H3. The highest BCUT2D eigenvalue weighted by Gasteiger charge is 2.20. The maximum absolute atomic E-state index is 12.0. The van der Waals surface area contributed by atoms with E-state index in [0.29, 0.717) is 0 Å². The number of esters is 1. The predicted molar refractivity (Wildman–Crippen MR) is 68.4 cm³/mol. The first-order valence-electron chi connectivity index (χ1n) is 6.31. The molecule has 0 saturated carbocycles. The third-order valence-electron chi connectivity index (χ3n) is 3.17. The van der Waals surface area contributed by atoms with Crippen LogP contribution in [0.25, 0.3) is 0 Å². The van der Waals surface area contributed by atoms with E-state index < -0.39 is 5.97 Å². The highest BCUT2D eigenvalue weighted by molar-refractivity contribution is 5.92. The van der Waals surface area contributed by atoms with Crippen molar-refractivity contribution in [3.8, 4) is 0 Å². The molecule has 1 aromatic heterocycles. The number of likely N-dealkylation sites (tertiary alicyclic amines) is 1. The average molecular weight is 266 g/mol. The second-order valence-corrected chi connectivity index (χ2v) is 4.56. The van der Waals surface area contributed by atoms with Gasteiger partial charge in [0.05, 0.1) is 12.8 Å². The Morgan fingerprint density at radius 3 is 2.68 bits per heavy atom. The molecular weight excluding hydrogens is 248 g/mol. The molecule has 1 aliphatic heterocycles. The Kier molecular flexibility index (Phi) is 4.03. The number of rotatable bonds is 3. The molecule has 0 spiro atoms. The zero-order chi connectivity index (χ0) is 13.8. The van der Waals surface area contributed by atoms with Gasteiger partial charge in [-0.05, 0) is 19.3 Å². The fraction of sp³-hybridized carbons (Fsp3) is 0.583. The third kappa shape index (κ3) is 3.04. The summed E-state index contributed by atoms with van der Waals surface area (Å²) in [5.74, 6) is -0.597. The van der Waals surface area contributed by atoms with Gasteiger partial charge in [-0.25, -0.2) is 4.79 Å². The van der Waals surface area contributed by atoms with Crippen molar-refractivity contribution in [2.75, 3.05) is 25.9 Å². The zero-order valence-corrected chi connectivity index (χ0v) is 11.0. The number of nitrogen functional groups attached to an aromatic ring is 1. The van der Waals surface area contributed by atoms with Crippen LogP contribution in [0.4, 0.5) is 5.69 Å². The van der Waals surface area contributed by atoms with Gasteiger partial charge in [-0.3, -0.25) is 9.48 Å². The lowest BCUT2D eigenvalue weighted by molar-refractivity contribution is -0.132. The van der Waals surface area contributed by atoms with E-state index in [1.54, 1.807) is 0 Å². The molecule has 104 valence electrons. The maximum atomic E-state index is 12.0. The quantitative estimate of drug-likeness (QED) is 0.793. The number of piperidine rings is 1. The van der Waals surface area contributed by atoms with E-state index in [1.165, 1.54) is 24.4 Å². The molecule has 0 bridgehead atoms. The number of amides is 1. The van der Waals surface area contributed by atoms with Gasteiger partial charge in [-0.1, -0.05) is 0 Å². The minimum absolute atomic E-state index is 0.00128. The topological polar surface area (TPSA) is 90.4 Å². The van der Waals surface area contributed by atoms with E-state index in [9.17, 15) is 9.59 Å². The molecule has 2 N–H and O–H groups in total. The Hall–Kier alpha value is -2.05. The molecule has 7 nitrogen and oxygen atoms in total. The number of carbonyl (C=O) groups excluding carboxylic acids is 2. The average Bonchev–Trinajstić information content (AvgIpc) is 2.79. The summed E-state index contributed by atoms with van der Waals surface area (Å²) in [7, 11) is 1.26. The minimum atomic E-state index is -0.596. The van der Waals surface area contributed by atoms with E-state index in [1.807, 2.05) is 4.90 Å². The molecule has 0 radical (unpaired) electrons. The van der Waals surface area contributed by atoms with Gasteiger partial charge in [0.2, 0.25) is 5.91 Å². The van der Waals surface area contributed by atoms with Crippen molar-refractivity contribution in [1.82, 2.24) is 14.7 Å². The van der Waals surface area contributed by atoms with Crippen LogP contribution in [0, 0.1) is 0 Å². The van der Waals surface area contributed by atoms with Crippen molar-refractivity contribution < 1.29 is 14.3 Å². The lowest BCUT2D eigenvalue weighted by atomic mass is 10.1. The van der Waals surface area contributed by atoms with Crippen molar-refractivity contribution in [1.29, 1.82) is 0 Å². The fourth-order valence-corrected chi connectivity index (χ4v) is 2.15. The van der Waals surface area contributed by atoms with Gasteiger partial charge in [-0.15, -0.1) is 0 Å². The number of carbonyl (C=O) groups is 2. The molecule has 0 aliphatic carbocycles. The molecule has 7 heteroatoms. The minimum Gasteiger partial charge on any atom is -0.464 e. The summed E-state index contributed by atoms with van der Waals surface area (Å²) in [6, 6.07) is 0. The summed E-state index contributed by atoms with van der Waals surface area (Å²) in [4.78, 5) is 25.2. The molecule has 2 heterocycles. The summed E-state index contributed by atoms with van der Waals surface area (Å²) in [6.45, 7) is 1.68. The van der Waals surface area contributed by atoms with Gasteiger partial charge in [0, 0.05) is 19.3 Å². The van der Waals surface area contributed by atoms with Crippen LogP contribution in [0.5, 0.6) is 0 Å². The first-order valence-corrected chi connectivity index (χ1v) is 6.31. The van der Waals surface area contributed by atoms with Crippen molar-refractivity contribution in [3.05, 3.63) is 11.9 Å². The molecule has 19 heavy (non-hydrogen) atoms. The predicted octanol–water partition coefficient (Wildman–Crippen LogP) is 0.264. The molecule has 1 aliphatic rings. The largest absolute Gasteiger partial charge is 0.464 e. The summed E-state index contributed by atoms with van der Waals surface area (Å²) in [6.07, 6.45) is 4.74. The van der Waals surface area contributed by atoms with E-state index in [-0.39, 0.29) is 23.8 Å². The Morgan fingerprint density at radius 2 is 2.05 bits per heavy atom. The summed E-state index contributed by atoms with van der Waals surface area (Å²) in [5.41, 5.74) is 5.93. The van der Waals surface area contributed by atoms with Gasteiger partial charge < -0.3 is 15.4 Å². The van der Waals surface area contributed by atoms with Crippen LogP contribution in [0.3, 0.4) is 0 Å². The van der Waals surface area contributed by atoms with Crippen LogP contribution in [-0.4, -0.2) is 46.8 Å². The van der Waals surface area contributed by atoms with Crippen LogP contribution >= 0.6 is 0 Å². The molecule has 1 saturated heterocycles. The monoisotopic (exact) mass is 266 g/mol. The van der Waals surface area contributed by atoms with Crippen LogP contribution < -0.4 is 5.73 Å². The number of aromatic nitrogens is 2. The first-order chi connectivity index (χ1) is 9.11. The van der Waals surface area contributed by atoms with Crippen LogP contribution in [0.2, 0.25) is 0 Å². The molecule has 0 aromatic carbocycles. The Morgan fingerprint density at radius 1 is 1.37 bits per heavy atom. The molecule has 1 amide bonds. The highest BCUT2D eigenvalue weighted by atomic mass is 16.5. The third-order valence-corrected chi connectivity index (χ3v) is 3.17. The van der Waals surface area contributed by atoms with Gasteiger partial charge in [0.25, 0.3) is 0 Å². The van der Waals surface area contributed by atoms with Crippen LogP contribution in [-0.2, 0) is 16.1 Å². The number of nitrogens with two attached hydrogens (primary N) is 1. The van der Waals surface area contributed by atoms with Crippen molar-refractivity contribution in [2.45, 2.75) is 25.8 Å². The van der Waals surface area contributed by atoms with Crippen LogP contribution in [0.1, 0.15) is 29.8 Å². The Labute approximate surface area is 111 Å². The van der Waals surface area contributed by atoms with Crippen molar-refractivity contribution in [2.24, 2.45) is 0 Å². The Balaban J connectivity index is 2.02. The second kappa shape index (κ2) is 5.73. The second-order valence-electron chi connectivity index (χ2n) is 4.56. The highest BCUT2D eigenvalue weighted by Crippen LogP contribution is 2.12. The van der Waals surface area contributed by atoms with Gasteiger partial charge in [0.1, 0.15) is 6.54 Å². The molecule has 1 aromatic rings. The zero-order valence-electron chi connectivity index (χ0n) is 11.0. The van der Waals surface area contributed by atoms with Crippen LogP contribution in [0.15, 0.2) is 6.20 Å². The lowest BCUT2D eigenvalue weighted by Gasteiger charge is -2.26. The fourth-order valence-electron chi connectivity index (χ4n) is 2.15. The molecule has 1 fully saturated rings. The number of methoxy groups -OCH3 is 1. The summed E-state index contributed by atoms with van der Waals surface area (Å²) >= 11 is 0. The SMILES string of the molecule is COC(=O)c1nn(CC(=O)N2CCCCC2)cc1N. The lowest BCUT2D eigenvalue weighted by Crippen LogP contribution is -2.37. The molecule has 2 rings (SSSR count). The number of anilines is 1. The first kappa shape index (κ1) is 13.4. The van der Waals surface area contributed by atoms with Gasteiger partial charge >= 0.3 is 5.97 Å². The van der Waals surface area contributed by atoms with E-state index >= 15 is 0 Å². The smallest absolute Gasteiger partial charge is 0.360 e. The maximum Gasteiger partial charge on any atom is 0.360 e. The summed E-state index contributed by atoms with van der Waals surface area (Å²) < 4.78 is 5.95. The van der Waals surface area contributed by atoms with Crippen molar-refractivity contribution in [3.63, 3.8) is 0 Å². The van der Waals surface area contributed by atoms with Crippen molar-refractivity contribution >= 4 is 17.6 Å². The van der Waals surface area contributed by atoms with E-state index in [2.05, 4.69) is 9.84 Å². The number of nitrogens with zero attached hydrogens (tertiary/aromatic N) is 3. The number of hydrogen-bond acceptors (Lipinski definition) is 5. The van der Waals surface area contributed by atoms with Gasteiger partial charge in [-0.2, -0.15) is 5.10 Å². The van der Waals surface area contributed by atoms with E-state index in [0.717, 1.165) is 25.9 Å². The molecule has 0 unspecified atom stereocenters. The Bertz CT molecular complexity index is 477. The number of ether oxygens (including phenoxy) is 1. The molecular formula is C12H18N4O3. The van der Waals surface area contributed by atoms with E-state index in [4.69, 9.17) is 5.73 Å². The molecule has 0 atom stereocenters. The number of hydrogen-bond donors (Lipinski definition) is 1. The normalized spacial score (nSPS) is 15.3. The summed E-state index contributed by atoms with van der Waals surface area (Å²) in [5, 5.41) is 3.98. The van der Waals surface area contributed by atoms with Gasteiger partial charge in [0.15, 0.2) is 5.69 Å².